The Kier molecular flexibility index (Phi) is 6.09. The second-order valence-electron chi connectivity index (χ2n) is 8.21. The lowest BCUT2D eigenvalue weighted by atomic mass is 10.0. The van der Waals surface area contributed by atoms with Gasteiger partial charge in [-0.25, -0.2) is 4.79 Å². The number of nitrogens with zero attached hydrogens (tertiary/aromatic N) is 2. The Balaban J connectivity index is 1.41. The van der Waals surface area contributed by atoms with E-state index in [2.05, 4.69) is 17.9 Å². The number of aryl methyl sites for hydroxylation is 2. The average molecular weight is 421 g/mol. The van der Waals surface area contributed by atoms with E-state index in [0.717, 1.165) is 40.9 Å². The molecule has 31 heavy (non-hydrogen) atoms. The number of piperazine rings is 1. The van der Waals surface area contributed by atoms with Crippen LogP contribution in [0.4, 0.5) is 0 Å². The molecule has 1 saturated heterocycles. The summed E-state index contributed by atoms with van der Waals surface area (Å²) in [7, 11) is 1.63. The number of amides is 1. The normalized spacial score (nSPS) is 14.7. The molecular weight excluding hydrogens is 392 g/mol. The summed E-state index contributed by atoms with van der Waals surface area (Å²) in [6.45, 7) is 7.66. The van der Waals surface area contributed by atoms with Crippen LogP contribution in [0.5, 0.6) is 5.75 Å². The molecule has 0 radical (unpaired) electrons. The third-order valence-corrected chi connectivity index (χ3v) is 6.05. The maximum absolute atomic E-state index is 12.7. The Morgan fingerprint density at radius 3 is 2.52 bits per heavy atom. The first kappa shape index (κ1) is 21.1. The van der Waals surface area contributed by atoms with E-state index >= 15 is 0 Å². The Bertz CT molecular complexity index is 1160. The third-order valence-electron chi connectivity index (χ3n) is 6.05. The predicted molar refractivity (Wildman–Crippen MR) is 121 cm³/mol. The molecule has 162 valence electrons. The maximum Gasteiger partial charge on any atom is 0.336 e. The molecule has 0 atom stereocenters. The molecule has 0 N–H and O–H groups in total. The quantitative estimate of drug-likeness (QED) is 0.593. The van der Waals surface area contributed by atoms with Crippen LogP contribution in [0.15, 0.2) is 51.7 Å². The topological polar surface area (TPSA) is 63.0 Å². The zero-order valence-corrected chi connectivity index (χ0v) is 18.3. The van der Waals surface area contributed by atoms with E-state index in [9.17, 15) is 9.59 Å². The molecule has 0 spiro atoms. The minimum absolute atomic E-state index is 0.129. The van der Waals surface area contributed by atoms with E-state index in [1.807, 2.05) is 42.2 Å². The summed E-state index contributed by atoms with van der Waals surface area (Å²) in [6, 6.07) is 13.3. The van der Waals surface area contributed by atoms with Crippen LogP contribution in [0.25, 0.3) is 11.0 Å². The number of fused-ring (bicyclic) bond motifs is 1. The molecule has 0 bridgehead atoms. The van der Waals surface area contributed by atoms with E-state index in [4.69, 9.17) is 9.15 Å². The average Bonchev–Trinajstić information content (AvgIpc) is 2.75. The Morgan fingerprint density at radius 2 is 1.77 bits per heavy atom. The van der Waals surface area contributed by atoms with E-state index in [1.54, 1.807) is 13.2 Å². The summed E-state index contributed by atoms with van der Waals surface area (Å²) in [4.78, 5) is 29.0. The first-order valence-corrected chi connectivity index (χ1v) is 10.6. The van der Waals surface area contributed by atoms with Crippen LogP contribution in [-0.2, 0) is 17.8 Å². The Labute approximate surface area is 182 Å². The summed E-state index contributed by atoms with van der Waals surface area (Å²) in [5.41, 5.74) is 4.53. The van der Waals surface area contributed by atoms with Gasteiger partial charge in [0.15, 0.2) is 0 Å². The molecule has 1 fully saturated rings. The van der Waals surface area contributed by atoms with Crippen molar-refractivity contribution in [3.05, 3.63) is 75.1 Å². The van der Waals surface area contributed by atoms with Crippen LogP contribution in [0.3, 0.4) is 0 Å². The summed E-state index contributed by atoms with van der Waals surface area (Å²) < 4.78 is 10.7. The molecule has 3 aromatic rings. The Hall–Kier alpha value is -3.12. The molecular formula is C25H28N2O4. The predicted octanol–water partition coefficient (Wildman–Crippen LogP) is 3.31. The summed E-state index contributed by atoms with van der Waals surface area (Å²) in [5.74, 6) is 0.893. The van der Waals surface area contributed by atoms with Crippen molar-refractivity contribution in [1.82, 2.24) is 9.80 Å². The fourth-order valence-electron chi connectivity index (χ4n) is 4.08. The van der Waals surface area contributed by atoms with E-state index in [0.29, 0.717) is 31.6 Å². The van der Waals surface area contributed by atoms with Gasteiger partial charge >= 0.3 is 5.63 Å². The van der Waals surface area contributed by atoms with Gasteiger partial charge in [-0.1, -0.05) is 12.1 Å². The lowest BCUT2D eigenvalue weighted by Gasteiger charge is -2.35. The zero-order chi connectivity index (χ0) is 22.0. The van der Waals surface area contributed by atoms with Crippen LogP contribution in [-0.4, -0.2) is 49.0 Å². The largest absolute Gasteiger partial charge is 0.497 e. The summed E-state index contributed by atoms with van der Waals surface area (Å²) in [5, 5.41) is 0.985. The highest BCUT2D eigenvalue weighted by Gasteiger charge is 2.22. The van der Waals surface area contributed by atoms with Crippen molar-refractivity contribution in [2.45, 2.75) is 26.8 Å². The summed E-state index contributed by atoms with van der Waals surface area (Å²) in [6.07, 6.45) is 0.375. The van der Waals surface area contributed by atoms with Crippen molar-refractivity contribution in [1.29, 1.82) is 0 Å². The smallest absolute Gasteiger partial charge is 0.336 e. The van der Waals surface area contributed by atoms with Crippen LogP contribution in [0.1, 0.15) is 22.3 Å². The van der Waals surface area contributed by atoms with Crippen LogP contribution in [0, 0.1) is 13.8 Å². The zero-order valence-electron chi connectivity index (χ0n) is 18.3. The fourth-order valence-corrected chi connectivity index (χ4v) is 4.08. The van der Waals surface area contributed by atoms with Gasteiger partial charge < -0.3 is 14.1 Å². The van der Waals surface area contributed by atoms with Crippen LogP contribution in [0.2, 0.25) is 0 Å². The molecule has 6 heteroatoms. The second kappa shape index (κ2) is 8.94. The standard InChI is InChI=1S/C25H28N2O4/c1-17-11-22-20(15-25(29)31-23(22)12-18(17)2)16-26-7-9-27(10-8-26)24(28)14-19-5-4-6-21(13-19)30-3/h4-6,11-13,15H,7-10,14,16H2,1-3H3. The fraction of sp³-hybridized carbons (Fsp3) is 0.360. The van der Waals surface area contributed by atoms with Crippen molar-refractivity contribution in [2.75, 3.05) is 33.3 Å². The third kappa shape index (κ3) is 4.80. The van der Waals surface area contributed by atoms with Crippen molar-refractivity contribution in [3.63, 3.8) is 0 Å². The van der Waals surface area contributed by atoms with Gasteiger partial charge in [-0.05, 0) is 60.4 Å². The minimum Gasteiger partial charge on any atom is -0.497 e. The van der Waals surface area contributed by atoms with Gasteiger partial charge in [-0.2, -0.15) is 0 Å². The SMILES string of the molecule is COc1cccc(CC(=O)N2CCN(Cc3cc(=O)oc4cc(C)c(C)cc34)CC2)c1. The number of carbonyl (C=O) groups excluding carboxylic acids is 1. The van der Waals surface area contributed by atoms with Crippen molar-refractivity contribution in [2.24, 2.45) is 0 Å². The van der Waals surface area contributed by atoms with Gasteiger partial charge in [0.05, 0.1) is 13.5 Å². The molecule has 0 saturated carbocycles. The molecule has 0 aliphatic carbocycles. The van der Waals surface area contributed by atoms with Gasteiger partial charge in [-0.15, -0.1) is 0 Å². The molecule has 1 aliphatic heterocycles. The first-order valence-electron chi connectivity index (χ1n) is 10.6. The number of hydrogen-bond donors (Lipinski definition) is 0. The van der Waals surface area contributed by atoms with E-state index in [1.165, 1.54) is 5.56 Å². The number of hydrogen-bond acceptors (Lipinski definition) is 5. The van der Waals surface area contributed by atoms with Gasteiger partial charge in [0.1, 0.15) is 11.3 Å². The number of methoxy groups -OCH3 is 1. The highest BCUT2D eigenvalue weighted by molar-refractivity contribution is 5.82. The molecule has 2 heterocycles. The number of ether oxygens (including phenoxy) is 1. The molecule has 1 aliphatic rings. The minimum atomic E-state index is -0.321. The molecule has 1 aromatic heterocycles. The van der Waals surface area contributed by atoms with Gasteiger partial charge in [0.25, 0.3) is 0 Å². The lowest BCUT2D eigenvalue weighted by Crippen LogP contribution is -2.48. The van der Waals surface area contributed by atoms with Crippen molar-refractivity contribution >= 4 is 16.9 Å². The monoisotopic (exact) mass is 420 g/mol. The molecule has 0 unspecified atom stereocenters. The van der Waals surface area contributed by atoms with Crippen molar-refractivity contribution in [3.8, 4) is 5.75 Å². The van der Waals surface area contributed by atoms with E-state index in [-0.39, 0.29) is 11.5 Å². The van der Waals surface area contributed by atoms with Gasteiger partial charge in [0.2, 0.25) is 5.91 Å². The number of benzene rings is 2. The second-order valence-corrected chi connectivity index (χ2v) is 8.21. The number of carbonyl (C=O) groups is 1. The Morgan fingerprint density at radius 1 is 1.03 bits per heavy atom. The molecule has 6 nitrogen and oxygen atoms in total. The summed E-state index contributed by atoms with van der Waals surface area (Å²) >= 11 is 0. The van der Waals surface area contributed by atoms with E-state index < -0.39 is 0 Å². The number of rotatable bonds is 5. The molecule has 4 rings (SSSR count). The van der Waals surface area contributed by atoms with Gasteiger partial charge in [-0.3, -0.25) is 9.69 Å². The molecule has 2 aromatic carbocycles. The van der Waals surface area contributed by atoms with Crippen molar-refractivity contribution < 1.29 is 13.9 Å². The molecule has 1 amide bonds. The first-order chi connectivity index (χ1) is 14.9. The van der Waals surface area contributed by atoms with Gasteiger partial charge in [0, 0.05) is 44.2 Å². The highest BCUT2D eigenvalue weighted by atomic mass is 16.5. The maximum atomic E-state index is 12.7. The van der Waals surface area contributed by atoms with Crippen LogP contribution >= 0.6 is 0 Å². The lowest BCUT2D eigenvalue weighted by molar-refractivity contribution is -0.132. The van der Waals surface area contributed by atoms with Crippen LogP contribution < -0.4 is 10.4 Å². The highest BCUT2D eigenvalue weighted by Crippen LogP contribution is 2.23.